The van der Waals surface area contributed by atoms with Crippen LogP contribution in [-0.2, 0) is 6.54 Å². The number of halogens is 1. The highest BCUT2D eigenvalue weighted by atomic mass is 35.5. The lowest BCUT2D eigenvalue weighted by Gasteiger charge is -2.34. The maximum absolute atomic E-state index is 5.95. The van der Waals surface area contributed by atoms with Crippen molar-refractivity contribution in [1.82, 2.24) is 14.9 Å². The molecule has 5 nitrogen and oxygen atoms in total. The second kappa shape index (κ2) is 6.28. The minimum atomic E-state index is 0.616. The molecule has 1 aromatic carbocycles. The molecule has 0 radical (unpaired) electrons. The second-order valence-corrected chi connectivity index (χ2v) is 5.58. The summed E-state index contributed by atoms with van der Waals surface area (Å²) >= 11 is 5.95. The van der Waals surface area contributed by atoms with Gasteiger partial charge >= 0.3 is 0 Å². The SMILES string of the molecule is Nc1cc(CN2CCN(c3ncccn3)CC2)ccc1Cl. The van der Waals surface area contributed by atoms with E-state index >= 15 is 0 Å². The summed E-state index contributed by atoms with van der Waals surface area (Å²) in [6.45, 7) is 4.74. The predicted molar refractivity (Wildman–Crippen MR) is 85.4 cm³/mol. The summed E-state index contributed by atoms with van der Waals surface area (Å²) in [7, 11) is 0. The number of rotatable bonds is 3. The Morgan fingerprint density at radius 1 is 1.10 bits per heavy atom. The first-order chi connectivity index (χ1) is 10.2. The first-order valence-electron chi connectivity index (χ1n) is 7.00. The topological polar surface area (TPSA) is 58.3 Å². The van der Waals surface area contributed by atoms with Crippen molar-refractivity contribution in [2.45, 2.75) is 6.54 Å². The highest BCUT2D eigenvalue weighted by molar-refractivity contribution is 6.33. The van der Waals surface area contributed by atoms with Gasteiger partial charge in [0.2, 0.25) is 5.95 Å². The van der Waals surface area contributed by atoms with Crippen LogP contribution in [0.5, 0.6) is 0 Å². The van der Waals surface area contributed by atoms with E-state index in [-0.39, 0.29) is 0 Å². The number of aromatic nitrogens is 2. The van der Waals surface area contributed by atoms with Crippen LogP contribution in [0.25, 0.3) is 0 Å². The summed E-state index contributed by atoms with van der Waals surface area (Å²) in [4.78, 5) is 13.2. The quantitative estimate of drug-likeness (QED) is 0.879. The normalized spacial score (nSPS) is 16.1. The molecule has 1 aliphatic rings. The Balaban J connectivity index is 1.57. The minimum Gasteiger partial charge on any atom is -0.398 e. The second-order valence-electron chi connectivity index (χ2n) is 5.17. The average molecular weight is 304 g/mol. The van der Waals surface area contributed by atoms with Crippen LogP contribution in [-0.4, -0.2) is 41.0 Å². The maximum atomic E-state index is 5.95. The Kier molecular flexibility index (Phi) is 4.22. The molecule has 0 atom stereocenters. The van der Waals surface area contributed by atoms with Crippen molar-refractivity contribution in [3.8, 4) is 0 Å². The van der Waals surface area contributed by atoms with Crippen molar-refractivity contribution in [3.63, 3.8) is 0 Å². The van der Waals surface area contributed by atoms with Crippen LogP contribution in [0.3, 0.4) is 0 Å². The van der Waals surface area contributed by atoms with Crippen LogP contribution >= 0.6 is 11.6 Å². The Morgan fingerprint density at radius 3 is 2.48 bits per heavy atom. The van der Waals surface area contributed by atoms with Gasteiger partial charge in [-0.25, -0.2) is 9.97 Å². The van der Waals surface area contributed by atoms with E-state index < -0.39 is 0 Å². The Labute approximate surface area is 129 Å². The average Bonchev–Trinajstić information content (AvgIpc) is 2.53. The molecule has 110 valence electrons. The highest BCUT2D eigenvalue weighted by Gasteiger charge is 2.18. The standard InChI is InChI=1S/C15H18ClN5/c16-13-3-2-12(10-14(13)17)11-20-6-8-21(9-7-20)15-18-4-1-5-19-15/h1-5,10H,6-9,11,17H2. The van der Waals surface area contributed by atoms with Gasteiger partial charge in [0.25, 0.3) is 0 Å². The smallest absolute Gasteiger partial charge is 0.225 e. The van der Waals surface area contributed by atoms with Gasteiger partial charge in [0.05, 0.1) is 10.7 Å². The number of nitrogens with zero attached hydrogens (tertiary/aromatic N) is 4. The van der Waals surface area contributed by atoms with Gasteiger partial charge < -0.3 is 10.6 Å². The predicted octanol–water partition coefficient (Wildman–Crippen LogP) is 2.03. The van der Waals surface area contributed by atoms with E-state index in [1.807, 2.05) is 24.3 Å². The lowest BCUT2D eigenvalue weighted by Crippen LogP contribution is -2.46. The van der Waals surface area contributed by atoms with Crippen molar-refractivity contribution >= 4 is 23.2 Å². The first kappa shape index (κ1) is 14.1. The molecular formula is C15H18ClN5. The van der Waals surface area contributed by atoms with E-state index in [1.54, 1.807) is 12.4 Å². The summed E-state index contributed by atoms with van der Waals surface area (Å²) in [6.07, 6.45) is 3.57. The molecule has 0 unspecified atom stereocenters. The van der Waals surface area contributed by atoms with Gasteiger partial charge in [-0.3, -0.25) is 4.90 Å². The van der Waals surface area contributed by atoms with Gasteiger partial charge in [-0.1, -0.05) is 17.7 Å². The summed E-state index contributed by atoms with van der Waals surface area (Å²) in [5.41, 5.74) is 7.69. The van der Waals surface area contributed by atoms with Crippen molar-refractivity contribution in [1.29, 1.82) is 0 Å². The Hall–Kier alpha value is -1.85. The van der Waals surface area contributed by atoms with Gasteiger partial charge in [-0.2, -0.15) is 0 Å². The third-order valence-corrected chi connectivity index (χ3v) is 4.02. The largest absolute Gasteiger partial charge is 0.398 e. The maximum Gasteiger partial charge on any atom is 0.225 e. The summed E-state index contributed by atoms with van der Waals surface area (Å²) in [6, 6.07) is 7.69. The van der Waals surface area contributed by atoms with Crippen molar-refractivity contribution in [2.24, 2.45) is 0 Å². The fourth-order valence-electron chi connectivity index (χ4n) is 2.51. The lowest BCUT2D eigenvalue weighted by atomic mass is 10.1. The molecule has 2 aromatic rings. The molecule has 21 heavy (non-hydrogen) atoms. The van der Waals surface area contributed by atoms with Gasteiger partial charge in [-0.05, 0) is 23.8 Å². The van der Waals surface area contributed by atoms with E-state index in [0.29, 0.717) is 10.7 Å². The van der Waals surface area contributed by atoms with Crippen molar-refractivity contribution in [3.05, 3.63) is 47.2 Å². The molecule has 0 amide bonds. The number of hydrogen-bond acceptors (Lipinski definition) is 5. The fourth-order valence-corrected chi connectivity index (χ4v) is 2.63. The molecule has 1 saturated heterocycles. The van der Waals surface area contributed by atoms with E-state index in [2.05, 4.69) is 19.8 Å². The molecule has 2 N–H and O–H groups in total. The zero-order valence-corrected chi connectivity index (χ0v) is 12.5. The van der Waals surface area contributed by atoms with Crippen LogP contribution in [0.4, 0.5) is 11.6 Å². The van der Waals surface area contributed by atoms with Gasteiger partial charge in [0, 0.05) is 45.1 Å². The first-order valence-corrected chi connectivity index (χ1v) is 7.38. The van der Waals surface area contributed by atoms with Gasteiger partial charge in [-0.15, -0.1) is 0 Å². The third-order valence-electron chi connectivity index (χ3n) is 3.67. The molecule has 1 fully saturated rings. The summed E-state index contributed by atoms with van der Waals surface area (Å²) in [5, 5.41) is 0.616. The van der Waals surface area contributed by atoms with Crippen LogP contribution in [0, 0.1) is 0 Å². The molecule has 3 rings (SSSR count). The van der Waals surface area contributed by atoms with E-state index in [9.17, 15) is 0 Å². The zero-order valence-electron chi connectivity index (χ0n) is 11.7. The van der Waals surface area contributed by atoms with E-state index in [1.165, 1.54) is 5.56 Å². The van der Waals surface area contributed by atoms with Gasteiger partial charge in [0.15, 0.2) is 0 Å². The molecule has 0 aliphatic carbocycles. The number of nitrogen functional groups attached to an aromatic ring is 1. The minimum absolute atomic E-state index is 0.616. The Bertz CT molecular complexity index is 596. The molecule has 0 bridgehead atoms. The van der Waals surface area contributed by atoms with Crippen molar-refractivity contribution in [2.75, 3.05) is 36.8 Å². The molecule has 2 heterocycles. The monoisotopic (exact) mass is 303 g/mol. The number of piperazine rings is 1. The molecule has 1 aromatic heterocycles. The molecular weight excluding hydrogens is 286 g/mol. The number of nitrogens with two attached hydrogens (primary N) is 1. The summed E-state index contributed by atoms with van der Waals surface area (Å²) in [5.74, 6) is 0.813. The van der Waals surface area contributed by atoms with Crippen molar-refractivity contribution < 1.29 is 0 Å². The van der Waals surface area contributed by atoms with Crippen LogP contribution in [0.1, 0.15) is 5.56 Å². The fraction of sp³-hybridized carbons (Fsp3) is 0.333. The zero-order chi connectivity index (χ0) is 14.7. The molecule has 0 spiro atoms. The lowest BCUT2D eigenvalue weighted by molar-refractivity contribution is 0.249. The Morgan fingerprint density at radius 2 is 1.81 bits per heavy atom. The van der Waals surface area contributed by atoms with Gasteiger partial charge in [0.1, 0.15) is 0 Å². The van der Waals surface area contributed by atoms with E-state index in [4.69, 9.17) is 17.3 Å². The number of anilines is 2. The van der Waals surface area contributed by atoms with Crippen LogP contribution in [0.15, 0.2) is 36.7 Å². The molecule has 1 aliphatic heterocycles. The van der Waals surface area contributed by atoms with Crippen LogP contribution in [0.2, 0.25) is 5.02 Å². The summed E-state index contributed by atoms with van der Waals surface area (Å²) < 4.78 is 0. The number of benzene rings is 1. The van der Waals surface area contributed by atoms with Crippen LogP contribution < -0.4 is 10.6 Å². The van der Waals surface area contributed by atoms with E-state index in [0.717, 1.165) is 38.7 Å². The molecule has 6 heteroatoms. The molecule has 0 saturated carbocycles. The third kappa shape index (κ3) is 3.43. The number of hydrogen-bond donors (Lipinski definition) is 1. The highest BCUT2D eigenvalue weighted by Crippen LogP contribution is 2.21.